The maximum absolute atomic E-state index is 10.2. The molecule has 0 radical (unpaired) electrons. The summed E-state index contributed by atoms with van der Waals surface area (Å²) in [5.41, 5.74) is 7.30. The summed E-state index contributed by atoms with van der Waals surface area (Å²) < 4.78 is 1.69. The fraction of sp³-hybridized carbons (Fsp3) is 0.714. The molecule has 5 nitrogen and oxygen atoms in total. The number of aryl methyl sites for hydroxylation is 1. The Hall–Kier alpha value is -1.54. The lowest BCUT2D eigenvalue weighted by atomic mass is 10.1. The molecule has 0 aromatic carbocycles. The van der Waals surface area contributed by atoms with E-state index in [2.05, 4.69) is 18.1 Å². The Morgan fingerprint density at radius 1 is 1.42 bits per heavy atom. The Morgan fingerprint density at radius 3 is 2.84 bits per heavy atom. The molecule has 1 aromatic rings. The predicted molar refractivity (Wildman–Crippen MR) is 73.5 cm³/mol. The second-order valence-electron chi connectivity index (χ2n) is 5.29. The Morgan fingerprint density at radius 2 is 2.16 bits per heavy atom. The molecule has 2 unspecified atom stereocenters. The summed E-state index contributed by atoms with van der Waals surface area (Å²) in [4.78, 5) is 0. The van der Waals surface area contributed by atoms with E-state index >= 15 is 0 Å². The molecule has 2 atom stereocenters. The molecule has 0 bridgehead atoms. The summed E-state index contributed by atoms with van der Waals surface area (Å²) in [7, 11) is 0. The van der Waals surface area contributed by atoms with E-state index in [-0.39, 0.29) is 6.04 Å². The van der Waals surface area contributed by atoms with Crippen LogP contribution in [0.25, 0.3) is 0 Å². The number of aliphatic hydroxyl groups excluding tert-OH is 1. The molecule has 1 saturated carbocycles. The van der Waals surface area contributed by atoms with Crippen LogP contribution in [0.1, 0.15) is 62.7 Å². The van der Waals surface area contributed by atoms with Crippen LogP contribution in [0.15, 0.2) is 0 Å². The highest BCUT2D eigenvalue weighted by Gasteiger charge is 2.27. The van der Waals surface area contributed by atoms with Crippen molar-refractivity contribution in [2.75, 3.05) is 5.73 Å². The zero-order chi connectivity index (χ0) is 13.8. The van der Waals surface area contributed by atoms with Crippen molar-refractivity contribution in [2.24, 2.45) is 0 Å². The standard InChI is InChI=1S/C14H22N4O/c1-2-6-11-10(9-15)14(16)18(17-11)12-7-4-3-5-8-13(12)19/h12-13,19H,2-8,16H2,1H3. The van der Waals surface area contributed by atoms with Crippen LogP contribution in [0.5, 0.6) is 0 Å². The molecular formula is C14H22N4O. The molecule has 3 N–H and O–H groups in total. The minimum Gasteiger partial charge on any atom is -0.391 e. The molecule has 0 aliphatic heterocycles. The van der Waals surface area contributed by atoms with Gasteiger partial charge in [-0.05, 0) is 19.3 Å². The molecule has 1 aliphatic rings. The van der Waals surface area contributed by atoms with Crippen molar-refractivity contribution in [2.45, 2.75) is 64.0 Å². The number of aliphatic hydroxyl groups is 1. The Labute approximate surface area is 114 Å². The SMILES string of the molecule is CCCc1nn(C2CCCCCC2O)c(N)c1C#N. The molecule has 0 amide bonds. The first kappa shape index (κ1) is 13.9. The highest BCUT2D eigenvalue weighted by molar-refractivity contribution is 5.52. The minimum absolute atomic E-state index is 0.0831. The molecular weight excluding hydrogens is 240 g/mol. The van der Waals surface area contributed by atoms with Gasteiger partial charge in [0.25, 0.3) is 0 Å². The highest BCUT2D eigenvalue weighted by atomic mass is 16.3. The van der Waals surface area contributed by atoms with Gasteiger partial charge in [-0.15, -0.1) is 0 Å². The van der Waals surface area contributed by atoms with Crippen molar-refractivity contribution < 1.29 is 5.11 Å². The van der Waals surface area contributed by atoms with Crippen LogP contribution < -0.4 is 5.73 Å². The van der Waals surface area contributed by atoms with E-state index < -0.39 is 6.10 Å². The Balaban J connectivity index is 2.35. The fourth-order valence-electron chi connectivity index (χ4n) is 2.84. The summed E-state index contributed by atoms with van der Waals surface area (Å²) in [6, 6.07) is 2.07. The number of hydrogen-bond acceptors (Lipinski definition) is 4. The summed E-state index contributed by atoms with van der Waals surface area (Å²) in [5, 5.41) is 23.9. The predicted octanol–water partition coefficient (Wildman–Crippen LogP) is 2.16. The van der Waals surface area contributed by atoms with Crippen LogP contribution in [0, 0.1) is 11.3 Å². The normalized spacial score (nSPS) is 23.8. The lowest BCUT2D eigenvalue weighted by Gasteiger charge is -2.21. The lowest BCUT2D eigenvalue weighted by molar-refractivity contribution is 0.1000. The molecule has 0 saturated heterocycles. The first-order valence-electron chi connectivity index (χ1n) is 7.14. The van der Waals surface area contributed by atoms with Gasteiger partial charge in [0.15, 0.2) is 0 Å². The number of nitriles is 1. The van der Waals surface area contributed by atoms with E-state index in [1.807, 2.05) is 0 Å². The second-order valence-corrected chi connectivity index (χ2v) is 5.29. The summed E-state index contributed by atoms with van der Waals surface area (Å²) in [6.45, 7) is 2.05. The quantitative estimate of drug-likeness (QED) is 0.817. The third kappa shape index (κ3) is 2.74. The number of nitrogen functional groups attached to an aromatic ring is 1. The molecule has 1 aromatic heterocycles. The maximum Gasteiger partial charge on any atom is 0.140 e. The van der Waals surface area contributed by atoms with E-state index in [0.29, 0.717) is 11.4 Å². The third-order valence-corrected chi connectivity index (χ3v) is 3.88. The monoisotopic (exact) mass is 262 g/mol. The van der Waals surface area contributed by atoms with E-state index in [1.54, 1.807) is 4.68 Å². The number of nitrogens with zero attached hydrogens (tertiary/aromatic N) is 3. The first-order chi connectivity index (χ1) is 9.19. The topological polar surface area (TPSA) is 87.9 Å². The van der Waals surface area contributed by atoms with Crippen molar-refractivity contribution in [3.8, 4) is 6.07 Å². The van der Waals surface area contributed by atoms with Crippen LogP contribution in [-0.4, -0.2) is 21.0 Å². The fourth-order valence-corrected chi connectivity index (χ4v) is 2.84. The lowest BCUT2D eigenvalue weighted by Crippen LogP contribution is -2.25. The van der Waals surface area contributed by atoms with E-state index in [0.717, 1.165) is 50.6 Å². The van der Waals surface area contributed by atoms with Gasteiger partial charge in [-0.2, -0.15) is 10.4 Å². The van der Waals surface area contributed by atoms with E-state index in [1.165, 1.54) is 0 Å². The van der Waals surface area contributed by atoms with Gasteiger partial charge in [-0.1, -0.05) is 32.6 Å². The van der Waals surface area contributed by atoms with Gasteiger partial charge >= 0.3 is 0 Å². The second kappa shape index (κ2) is 6.07. The van der Waals surface area contributed by atoms with Gasteiger partial charge < -0.3 is 10.8 Å². The largest absolute Gasteiger partial charge is 0.391 e. The van der Waals surface area contributed by atoms with Crippen LogP contribution >= 0.6 is 0 Å². The molecule has 5 heteroatoms. The van der Waals surface area contributed by atoms with Crippen LogP contribution in [0.3, 0.4) is 0 Å². The van der Waals surface area contributed by atoms with Crippen LogP contribution in [0.2, 0.25) is 0 Å². The third-order valence-electron chi connectivity index (χ3n) is 3.88. The zero-order valence-corrected chi connectivity index (χ0v) is 11.5. The van der Waals surface area contributed by atoms with Gasteiger partial charge in [0.05, 0.1) is 17.8 Å². The number of aromatic nitrogens is 2. The molecule has 2 rings (SSSR count). The van der Waals surface area contributed by atoms with Gasteiger partial charge in [0.1, 0.15) is 17.5 Å². The average molecular weight is 262 g/mol. The van der Waals surface area contributed by atoms with Crippen molar-refractivity contribution in [3.63, 3.8) is 0 Å². The van der Waals surface area contributed by atoms with Crippen LogP contribution in [0.4, 0.5) is 5.82 Å². The first-order valence-corrected chi connectivity index (χ1v) is 7.14. The molecule has 1 heterocycles. The molecule has 104 valence electrons. The highest BCUT2D eigenvalue weighted by Crippen LogP contribution is 2.31. The van der Waals surface area contributed by atoms with Gasteiger partial charge in [-0.3, -0.25) is 0 Å². The molecule has 19 heavy (non-hydrogen) atoms. The van der Waals surface area contributed by atoms with Gasteiger partial charge in [-0.25, -0.2) is 4.68 Å². The number of rotatable bonds is 3. The van der Waals surface area contributed by atoms with Crippen LogP contribution in [-0.2, 0) is 6.42 Å². The Bertz CT molecular complexity index is 475. The maximum atomic E-state index is 10.2. The molecule has 1 aliphatic carbocycles. The van der Waals surface area contributed by atoms with E-state index in [4.69, 9.17) is 5.73 Å². The van der Waals surface area contributed by atoms with Crippen molar-refractivity contribution in [1.82, 2.24) is 9.78 Å². The van der Waals surface area contributed by atoms with Gasteiger partial charge in [0, 0.05) is 0 Å². The zero-order valence-electron chi connectivity index (χ0n) is 11.5. The minimum atomic E-state index is -0.411. The molecule has 0 spiro atoms. The summed E-state index contributed by atoms with van der Waals surface area (Å²) in [5.74, 6) is 0.414. The van der Waals surface area contributed by atoms with E-state index in [9.17, 15) is 10.4 Å². The molecule has 1 fully saturated rings. The average Bonchev–Trinajstić information content (AvgIpc) is 2.57. The summed E-state index contributed by atoms with van der Waals surface area (Å²) in [6.07, 6.45) is 6.20. The number of nitrogens with two attached hydrogens (primary N) is 1. The number of hydrogen-bond donors (Lipinski definition) is 2. The van der Waals surface area contributed by atoms with Gasteiger partial charge in [0.2, 0.25) is 0 Å². The smallest absolute Gasteiger partial charge is 0.140 e. The van der Waals surface area contributed by atoms with Crippen molar-refractivity contribution >= 4 is 5.82 Å². The number of anilines is 1. The Kier molecular flexibility index (Phi) is 4.43. The van der Waals surface area contributed by atoms with Crippen molar-refractivity contribution in [1.29, 1.82) is 5.26 Å². The summed E-state index contributed by atoms with van der Waals surface area (Å²) >= 11 is 0. The van der Waals surface area contributed by atoms with Crippen molar-refractivity contribution in [3.05, 3.63) is 11.3 Å².